The first kappa shape index (κ1) is 20.6. The van der Waals surface area contributed by atoms with Gasteiger partial charge in [-0.2, -0.15) is 0 Å². The molecule has 6 heteroatoms. The van der Waals surface area contributed by atoms with Crippen molar-refractivity contribution in [1.29, 1.82) is 0 Å². The summed E-state index contributed by atoms with van der Waals surface area (Å²) in [4.78, 5) is 12.3. The molecule has 0 spiro atoms. The fourth-order valence-corrected chi connectivity index (χ4v) is 2.37. The molecule has 24 heavy (non-hydrogen) atoms. The second-order valence-corrected chi connectivity index (χ2v) is 6.01. The van der Waals surface area contributed by atoms with Crippen molar-refractivity contribution in [3.05, 3.63) is 23.8 Å². The Labute approximate surface area is 150 Å². The number of nitrogens with two attached hydrogens (primary N) is 1. The second kappa shape index (κ2) is 10.4. The van der Waals surface area contributed by atoms with Gasteiger partial charge in [-0.15, -0.1) is 12.4 Å². The SMILES string of the molecule is CCCCOc1ccc(C(=O)NCC(N)C2CC2)cc1OCC.Cl. The standard InChI is InChI=1S/C18H28N2O3.ClH/c1-3-5-10-23-16-9-8-14(11-17(16)22-4-2)18(21)20-12-15(19)13-6-7-13;/h8-9,11,13,15H,3-7,10,12,19H2,1-2H3,(H,20,21);1H. The average Bonchev–Trinajstić information content (AvgIpc) is 3.39. The maximum atomic E-state index is 12.3. The van der Waals surface area contributed by atoms with Crippen molar-refractivity contribution >= 4 is 18.3 Å². The molecule has 0 aliphatic heterocycles. The highest BCUT2D eigenvalue weighted by atomic mass is 35.5. The molecule has 0 aromatic heterocycles. The molecule has 1 aliphatic carbocycles. The zero-order chi connectivity index (χ0) is 16.7. The normalized spacial score (nSPS) is 14.5. The number of unbranched alkanes of at least 4 members (excludes halogenated alkanes) is 1. The Balaban J connectivity index is 0.00000288. The van der Waals surface area contributed by atoms with E-state index in [1.165, 1.54) is 12.8 Å². The quantitative estimate of drug-likeness (QED) is 0.631. The maximum absolute atomic E-state index is 12.3. The first-order valence-corrected chi connectivity index (χ1v) is 8.59. The van der Waals surface area contributed by atoms with Crippen LogP contribution in [0.1, 0.15) is 49.9 Å². The summed E-state index contributed by atoms with van der Waals surface area (Å²) in [6.07, 6.45) is 4.42. The van der Waals surface area contributed by atoms with Crippen molar-refractivity contribution in [1.82, 2.24) is 5.32 Å². The predicted molar refractivity (Wildman–Crippen MR) is 98.3 cm³/mol. The number of hydrogen-bond acceptors (Lipinski definition) is 4. The number of carbonyl (C=O) groups is 1. The van der Waals surface area contributed by atoms with Crippen molar-refractivity contribution in [2.75, 3.05) is 19.8 Å². The van der Waals surface area contributed by atoms with Gasteiger partial charge >= 0.3 is 0 Å². The van der Waals surface area contributed by atoms with Gasteiger partial charge in [-0.25, -0.2) is 0 Å². The molecule has 0 bridgehead atoms. The number of carbonyl (C=O) groups excluding carboxylic acids is 1. The van der Waals surface area contributed by atoms with Crippen LogP contribution in [0.2, 0.25) is 0 Å². The molecular formula is C18H29ClN2O3. The third kappa shape index (κ3) is 6.21. The van der Waals surface area contributed by atoms with Crippen molar-refractivity contribution in [3.8, 4) is 11.5 Å². The summed E-state index contributed by atoms with van der Waals surface area (Å²) in [6, 6.07) is 5.36. The molecule has 2 rings (SSSR count). The molecule has 1 fully saturated rings. The lowest BCUT2D eigenvalue weighted by Crippen LogP contribution is -2.38. The Morgan fingerprint density at radius 1 is 1.29 bits per heavy atom. The number of nitrogens with one attached hydrogen (secondary N) is 1. The molecule has 3 N–H and O–H groups in total. The van der Waals surface area contributed by atoms with Crippen LogP contribution in [0, 0.1) is 5.92 Å². The first-order valence-electron chi connectivity index (χ1n) is 8.59. The van der Waals surface area contributed by atoms with E-state index in [-0.39, 0.29) is 24.4 Å². The molecule has 1 aliphatic rings. The Kier molecular flexibility index (Phi) is 8.93. The highest BCUT2D eigenvalue weighted by molar-refractivity contribution is 5.94. The Hall–Kier alpha value is -1.46. The van der Waals surface area contributed by atoms with Crippen LogP contribution in [0.25, 0.3) is 0 Å². The van der Waals surface area contributed by atoms with Gasteiger partial charge in [0.15, 0.2) is 11.5 Å². The minimum Gasteiger partial charge on any atom is -0.490 e. The van der Waals surface area contributed by atoms with E-state index in [2.05, 4.69) is 12.2 Å². The summed E-state index contributed by atoms with van der Waals surface area (Å²) in [6.45, 7) is 5.73. The highest BCUT2D eigenvalue weighted by Crippen LogP contribution is 2.31. The highest BCUT2D eigenvalue weighted by Gasteiger charge is 2.28. The fraction of sp³-hybridized carbons (Fsp3) is 0.611. The Bertz CT molecular complexity index is 521. The van der Waals surface area contributed by atoms with Gasteiger partial charge in [-0.1, -0.05) is 13.3 Å². The summed E-state index contributed by atoms with van der Waals surface area (Å²) < 4.78 is 11.3. The van der Waals surface area contributed by atoms with Gasteiger partial charge < -0.3 is 20.5 Å². The fourth-order valence-electron chi connectivity index (χ4n) is 2.37. The summed E-state index contributed by atoms with van der Waals surface area (Å²) >= 11 is 0. The Morgan fingerprint density at radius 2 is 2.04 bits per heavy atom. The molecule has 1 aromatic rings. The topological polar surface area (TPSA) is 73.6 Å². The molecule has 1 atom stereocenters. The zero-order valence-corrected chi connectivity index (χ0v) is 15.4. The van der Waals surface area contributed by atoms with Crippen LogP contribution in [0.5, 0.6) is 11.5 Å². The molecule has 136 valence electrons. The van der Waals surface area contributed by atoms with Gasteiger partial charge in [0.2, 0.25) is 0 Å². The molecule has 1 aromatic carbocycles. The number of amides is 1. The number of halogens is 1. The van der Waals surface area contributed by atoms with E-state index in [1.54, 1.807) is 18.2 Å². The van der Waals surface area contributed by atoms with Gasteiger partial charge in [0.05, 0.1) is 13.2 Å². The van der Waals surface area contributed by atoms with Crippen molar-refractivity contribution in [2.45, 2.75) is 45.6 Å². The third-order valence-corrected chi connectivity index (χ3v) is 3.99. The third-order valence-electron chi connectivity index (χ3n) is 3.99. The summed E-state index contributed by atoms with van der Waals surface area (Å²) in [5, 5.41) is 2.90. The van der Waals surface area contributed by atoms with Crippen molar-refractivity contribution < 1.29 is 14.3 Å². The van der Waals surface area contributed by atoms with E-state index in [9.17, 15) is 4.79 Å². The lowest BCUT2D eigenvalue weighted by Gasteiger charge is -2.14. The predicted octanol–water partition coefficient (Wildman–Crippen LogP) is 3.15. The number of rotatable bonds is 10. The van der Waals surface area contributed by atoms with Crippen LogP contribution < -0.4 is 20.5 Å². The monoisotopic (exact) mass is 356 g/mol. The van der Waals surface area contributed by atoms with Crippen LogP contribution >= 0.6 is 12.4 Å². The van der Waals surface area contributed by atoms with Gasteiger partial charge in [0, 0.05) is 18.2 Å². The molecule has 1 amide bonds. The summed E-state index contributed by atoms with van der Waals surface area (Å²) in [5.41, 5.74) is 6.58. The van der Waals surface area contributed by atoms with E-state index < -0.39 is 0 Å². The molecule has 0 radical (unpaired) electrons. The van der Waals surface area contributed by atoms with Gasteiger partial charge in [0.1, 0.15) is 0 Å². The molecule has 1 saturated carbocycles. The Morgan fingerprint density at radius 3 is 2.67 bits per heavy atom. The van der Waals surface area contributed by atoms with Gasteiger partial charge in [-0.05, 0) is 50.3 Å². The molecule has 5 nitrogen and oxygen atoms in total. The molecule has 0 heterocycles. The van der Waals surface area contributed by atoms with Crippen LogP contribution in [-0.4, -0.2) is 31.7 Å². The number of benzene rings is 1. The van der Waals surface area contributed by atoms with Crippen LogP contribution in [0.4, 0.5) is 0 Å². The zero-order valence-electron chi connectivity index (χ0n) is 14.5. The van der Waals surface area contributed by atoms with Gasteiger partial charge in [-0.3, -0.25) is 4.79 Å². The van der Waals surface area contributed by atoms with Crippen LogP contribution in [0.15, 0.2) is 18.2 Å². The second-order valence-electron chi connectivity index (χ2n) is 6.01. The van der Waals surface area contributed by atoms with Gasteiger partial charge in [0.25, 0.3) is 5.91 Å². The van der Waals surface area contributed by atoms with E-state index >= 15 is 0 Å². The molecule has 0 saturated heterocycles. The lowest BCUT2D eigenvalue weighted by atomic mass is 10.1. The lowest BCUT2D eigenvalue weighted by molar-refractivity contribution is 0.0949. The average molecular weight is 357 g/mol. The van der Waals surface area contributed by atoms with E-state index in [1.807, 2.05) is 6.92 Å². The number of ether oxygens (including phenoxy) is 2. The largest absolute Gasteiger partial charge is 0.490 e. The van der Waals surface area contributed by atoms with E-state index in [0.717, 1.165) is 12.8 Å². The molecular weight excluding hydrogens is 328 g/mol. The van der Waals surface area contributed by atoms with E-state index in [4.69, 9.17) is 15.2 Å². The first-order chi connectivity index (χ1) is 11.2. The molecule has 1 unspecified atom stereocenters. The minimum atomic E-state index is -0.123. The smallest absolute Gasteiger partial charge is 0.251 e. The number of hydrogen-bond donors (Lipinski definition) is 2. The minimum absolute atomic E-state index is 0. The van der Waals surface area contributed by atoms with Crippen molar-refractivity contribution in [2.24, 2.45) is 11.7 Å². The summed E-state index contributed by atoms with van der Waals surface area (Å²) in [5.74, 6) is 1.75. The van der Waals surface area contributed by atoms with Crippen LogP contribution in [-0.2, 0) is 0 Å². The summed E-state index contributed by atoms with van der Waals surface area (Å²) in [7, 11) is 0. The maximum Gasteiger partial charge on any atom is 0.251 e. The van der Waals surface area contributed by atoms with E-state index in [0.29, 0.717) is 42.7 Å². The van der Waals surface area contributed by atoms with Crippen molar-refractivity contribution in [3.63, 3.8) is 0 Å². The van der Waals surface area contributed by atoms with Crippen LogP contribution in [0.3, 0.4) is 0 Å².